The molecule has 39 heavy (non-hydrogen) atoms. The van der Waals surface area contributed by atoms with Gasteiger partial charge in [0.15, 0.2) is 5.65 Å². The van der Waals surface area contributed by atoms with E-state index in [1.165, 1.54) is 33.3 Å². The summed E-state index contributed by atoms with van der Waals surface area (Å²) in [4.78, 5) is 44.9. The highest BCUT2D eigenvalue weighted by molar-refractivity contribution is 6.00. The lowest BCUT2D eigenvalue weighted by molar-refractivity contribution is 0.00732. The fourth-order valence-electron chi connectivity index (χ4n) is 4.44. The van der Waals surface area contributed by atoms with Crippen molar-refractivity contribution in [2.75, 3.05) is 24.4 Å². The van der Waals surface area contributed by atoms with Crippen molar-refractivity contribution in [2.45, 2.75) is 70.0 Å². The van der Waals surface area contributed by atoms with Crippen LogP contribution >= 0.6 is 0 Å². The van der Waals surface area contributed by atoms with E-state index in [4.69, 9.17) is 9.47 Å². The van der Waals surface area contributed by atoms with E-state index in [9.17, 15) is 18.8 Å². The second-order valence-electron chi connectivity index (χ2n) is 10.8. The summed E-state index contributed by atoms with van der Waals surface area (Å²) in [7, 11) is 3.11. The Morgan fingerprint density at radius 3 is 2.62 bits per heavy atom. The molecule has 0 spiro atoms. The number of aromatic nitrogens is 4. The van der Waals surface area contributed by atoms with Gasteiger partial charge in [0, 0.05) is 32.8 Å². The average molecular weight is 542 g/mol. The molecule has 0 unspecified atom stereocenters. The Labute approximate surface area is 224 Å². The third kappa shape index (κ3) is 5.31. The summed E-state index contributed by atoms with van der Waals surface area (Å²) in [6, 6.07) is 4.10. The molecule has 0 saturated heterocycles. The maximum absolute atomic E-state index is 13.7. The predicted molar refractivity (Wildman–Crippen MR) is 141 cm³/mol. The summed E-state index contributed by atoms with van der Waals surface area (Å²) in [6.07, 6.45) is 3.08. The summed E-state index contributed by atoms with van der Waals surface area (Å²) in [5.41, 5.74) is -0.641. The van der Waals surface area contributed by atoms with Crippen LogP contribution < -0.4 is 21.1 Å². The summed E-state index contributed by atoms with van der Waals surface area (Å²) >= 11 is 0. The van der Waals surface area contributed by atoms with Gasteiger partial charge < -0.3 is 24.7 Å². The molecule has 3 aromatic heterocycles. The smallest absolute Gasteiger partial charge is 0.415 e. The molecule has 12 nitrogen and oxygen atoms in total. The Kier molecular flexibility index (Phi) is 6.79. The number of carbonyl (C=O) groups excluding carboxylic acids is 2. The van der Waals surface area contributed by atoms with Gasteiger partial charge in [0.1, 0.15) is 34.7 Å². The maximum atomic E-state index is 13.7. The molecule has 0 aromatic carbocycles. The molecule has 3 heterocycles. The number of methoxy groups -OCH3 is 1. The molecule has 3 aromatic rings. The van der Waals surface area contributed by atoms with Crippen LogP contribution in [0.4, 0.5) is 26.5 Å². The Hall–Kier alpha value is -4.00. The first kappa shape index (κ1) is 26.6. The number of fused-ring (bicyclic) bond motifs is 1. The van der Waals surface area contributed by atoms with E-state index in [2.05, 4.69) is 20.7 Å². The van der Waals surface area contributed by atoms with Crippen LogP contribution in [-0.2, 0) is 9.47 Å². The second kappa shape index (κ2) is 9.95. The number of hydrogen-bond donors (Lipinski definition) is 2. The van der Waals surface area contributed by atoms with Crippen molar-refractivity contribution in [1.29, 1.82) is 0 Å². The molecular weight excluding hydrogens is 509 g/mol. The summed E-state index contributed by atoms with van der Waals surface area (Å²) < 4.78 is 27.3. The van der Waals surface area contributed by atoms with E-state index in [1.54, 1.807) is 46.2 Å². The number of ether oxygens (including phenoxy) is 2. The minimum Gasteiger partial charge on any atom is -0.443 e. The molecule has 0 radical (unpaired) electrons. The number of alkyl halides is 1. The van der Waals surface area contributed by atoms with Gasteiger partial charge in [0.2, 0.25) is 0 Å². The van der Waals surface area contributed by atoms with Crippen LogP contribution in [0.5, 0.6) is 0 Å². The standard InChI is InChI=1S/C26H32FN7O5/c1-26(2,3)39-25(37)32(4)21-12-20(29-17-7-6-10-33(24(17)36)18-11-15(18)27)31-22-14(13-28-34(21)22)23(35)30-16-8-9-19(16)38-5/h6-7,10,12-13,15-16,18-19H,8-9,11H2,1-5H3,(H,29,31)(H,30,35)/t15-,16+,18-,19+/m1/s1. The van der Waals surface area contributed by atoms with Gasteiger partial charge in [-0.1, -0.05) is 0 Å². The first-order valence-corrected chi connectivity index (χ1v) is 12.8. The van der Waals surface area contributed by atoms with Gasteiger partial charge in [-0.15, -0.1) is 0 Å². The number of hydrogen-bond acceptors (Lipinski definition) is 8. The summed E-state index contributed by atoms with van der Waals surface area (Å²) in [5, 5.41) is 10.3. The predicted octanol–water partition coefficient (Wildman–Crippen LogP) is 3.20. The number of amides is 2. The van der Waals surface area contributed by atoms with Gasteiger partial charge in [-0.25, -0.2) is 14.2 Å². The molecule has 5 rings (SSSR count). The SMILES string of the molecule is CO[C@H]1CC[C@@H]1NC(=O)c1cnn2c(N(C)C(=O)OC(C)(C)C)cc(Nc3cccn([C@@H]4C[C@H]4F)c3=O)nc12. The zero-order chi connectivity index (χ0) is 28.1. The highest BCUT2D eigenvalue weighted by Crippen LogP contribution is 2.38. The molecular formula is C26H32FN7O5. The topological polar surface area (TPSA) is 132 Å². The monoisotopic (exact) mass is 541 g/mol. The molecule has 0 bridgehead atoms. The van der Waals surface area contributed by atoms with Crippen LogP contribution in [0.1, 0.15) is 56.4 Å². The fraction of sp³-hybridized carbons (Fsp3) is 0.500. The Morgan fingerprint density at radius 2 is 2.00 bits per heavy atom. The Morgan fingerprint density at radius 1 is 1.26 bits per heavy atom. The van der Waals surface area contributed by atoms with Crippen molar-refractivity contribution in [3.63, 3.8) is 0 Å². The molecule has 0 aliphatic heterocycles. The minimum absolute atomic E-state index is 0.0644. The largest absolute Gasteiger partial charge is 0.443 e. The van der Waals surface area contributed by atoms with Crippen molar-refractivity contribution in [3.05, 3.63) is 46.5 Å². The van der Waals surface area contributed by atoms with Crippen molar-refractivity contribution >= 4 is 35.0 Å². The summed E-state index contributed by atoms with van der Waals surface area (Å²) in [6.45, 7) is 5.25. The lowest BCUT2D eigenvalue weighted by atomic mass is 9.89. The lowest BCUT2D eigenvalue weighted by Gasteiger charge is -2.35. The number of carbonyl (C=O) groups is 2. The number of halogens is 1. The first-order valence-electron chi connectivity index (χ1n) is 12.8. The maximum Gasteiger partial charge on any atom is 0.415 e. The van der Waals surface area contributed by atoms with Gasteiger partial charge in [0.25, 0.3) is 11.5 Å². The number of rotatable bonds is 7. The summed E-state index contributed by atoms with van der Waals surface area (Å²) in [5.74, 6) is 0.0388. The van der Waals surface area contributed by atoms with E-state index in [1.807, 2.05) is 0 Å². The van der Waals surface area contributed by atoms with E-state index in [0.717, 1.165) is 12.8 Å². The molecule has 2 fully saturated rings. The van der Waals surface area contributed by atoms with E-state index in [0.29, 0.717) is 0 Å². The molecule has 2 amide bonds. The van der Waals surface area contributed by atoms with E-state index >= 15 is 0 Å². The number of pyridine rings is 1. The third-order valence-electron chi connectivity index (χ3n) is 6.81. The van der Waals surface area contributed by atoms with E-state index < -0.39 is 35.4 Å². The quantitative estimate of drug-likeness (QED) is 0.466. The van der Waals surface area contributed by atoms with Gasteiger partial charge >= 0.3 is 6.09 Å². The van der Waals surface area contributed by atoms with Crippen molar-refractivity contribution in [2.24, 2.45) is 0 Å². The third-order valence-corrected chi connectivity index (χ3v) is 6.81. The van der Waals surface area contributed by atoms with E-state index in [-0.39, 0.29) is 47.1 Å². The zero-order valence-corrected chi connectivity index (χ0v) is 22.5. The van der Waals surface area contributed by atoms with Crippen molar-refractivity contribution < 1.29 is 23.5 Å². The zero-order valence-electron chi connectivity index (χ0n) is 22.5. The van der Waals surface area contributed by atoms with Gasteiger partial charge in [0.05, 0.1) is 24.4 Å². The van der Waals surface area contributed by atoms with Gasteiger partial charge in [-0.2, -0.15) is 9.61 Å². The molecule has 2 saturated carbocycles. The number of anilines is 3. The molecule has 2 aliphatic carbocycles. The number of nitrogens with one attached hydrogen (secondary N) is 2. The Bertz CT molecular complexity index is 1480. The molecule has 2 aliphatic rings. The van der Waals surface area contributed by atoms with Gasteiger partial charge in [-0.3, -0.25) is 14.5 Å². The Balaban J connectivity index is 1.54. The van der Waals surface area contributed by atoms with Crippen LogP contribution in [0.15, 0.2) is 35.4 Å². The molecule has 2 N–H and O–H groups in total. The van der Waals surface area contributed by atoms with Crippen LogP contribution in [0.3, 0.4) is 0 Å². The molecule has 4 atom stereocenters. The minimum atomic E-state index is -1.05. The van der Waals surface area contributed by atoms with Crippen molar-refractivity contribution in [1.82, 2.24) is 24.5 Å². The van der Waals surface area contributed by atoms with Crippen LogP contribution in [-0.4, -0.2) is 69.2 Å². The lowest BCUT2D eigenvalue weighted by Crippen LogP contribution is -2.51. The molecule has 208 valence electrons. The highest BCUT2D eigenvalue weighted by Gasteiger charge is 2.40. The fourth-order valence-corrected chi connectivity index (χ4v) is 4.44. The van der Waals surface area contributed by atoms with Crippen LogP contribution in [0, 0.1) is 0 Å². The van der Waals surface area contributed by atoms with Crippen LogP contribution in [0.25, 0.3) is 5.65 Å². The highest BCUT2D eigenvalue weighted by atomic mass is 19.1. The van der Waals surface area contributed by atoms with Gasteiger partial charge in [-0.05, 0) is 45.7 Å². The average Bonchev–Trinajstić information content (AvgIpc) is 3.42. The normalized spacial score (nSPS) is 22.2. The molecule has 13 heteroatoms. The van der Waals surface area contributed by atoms with Crippen LogP contribution in [0.2, 0.25) is 0 Å². The van der Waals surface area contributed by atoms with Crippen molar-refractivity contribution in [3.8, 4) is 0 Å². The number of nitrogens with zero attached hydrogens (tertiary/aromatic N) is 5. The first-order chi connectivity index (χ1) is 18.5. The second-order valence-corrected chi connectivity index (χ2v) is 10.8.